The monoisotopic (exact) mass is 210 g/mol. The second kappa shape index (κ2) is 4.28. The van der Waals surface area contributed by atoms with Gasteiger partial charge in [-0.2, -0.15) is 13.2 Å². The van der Waals surface area contributed by atoms with Crippen LogP contribution in [0.5, 0.6) is 0 Å². The molecule has 1 nitrogen and oxygen atoms in total. The van der Waals surface area contributed by atoms with Crippen molar-refractivity contribution in [3.8, 4) is 0 Å². The first-order valence-electron chi connectivity index (χ1n) is 3.17. The number of carbonyl (C=O) groups is 1. The molecule has 1 rings (SSSR count). The third kappa shape index (κ3) is 2.73. The van der Waals surface area contributed by atoms with Crippen LogP contribution in [0.3, 0.4) is 0 Å². The zero-order valence-electron chi connectivity index (χ0n) is 6.34. The van der Waals surface area contributed by atoms with Gasteiger partial charge in [-0.15, -0.1) is 12.4 Å². The molecular formula is C8H6ClF3O. The third-order valence-electron chi connectivity index (χ3n) is 1.39. The summed E-state index contributed by atoms with van der Waals surface area (Å²) in [5.74, 6) is 0. The molecule has 72 valence electrons. The number of hydrogen-bond acceptors (Lipinski definition) is 1. The maximum absolute atomic E-state index is 12.1. The molecule has 0 saturated heterocycles. The minimum Gasteiger partial charge on any atom is -0.298 e. The third-order valence-corrected chi connectivity index (χ3v) is 1.39. The number of carbonyl (C=O) groups excluding carboxylic acids is 1. The smallest absolute Gasteiger partial charge is 0.298 e. The average Bonchev–Trinajstić information content (AvgIpc) is 2.03. The molecule has 0 aliphatic carbocycles. The number of halogens is 4. The van der Waals surface area contributed by atoms with Crippen molar-refractivity contribution in [1.82, 2.24) is 0 Å². The molecule has 0 radical (unpaired) electrons. The van der Waals surface area contributed by atoms with E-state index in [-0.39, 0.29) is 24.3 Å². The number of rotatable bonds is 1. The highest BCUT2D eigenvalue weighted by molar-refractivity contribution is 5.85. The maximum Gasteiger partial charge on any atom is 0.417 e. The first-order chi connectivity index (χ1) is 5.55. The Morgan fingerprint density at radius 3 is 2.08 bits per heavy atom. The molecule has 0 aliphatic heterocycles. The van der Waals surface area contributed by atoms with Crippen molar-refractivity contribution >= 4 is 18.7 Å². The molecular weight excluding hydrogens is 205 g/mol. The summed E-state index contributed by atoms with van der Waals surface area (Å²) in [6.45, 7) is 0. The molecule has 1 aromatic carbocycles. The lowest BCUT2D eigenvalue weighted by atomic mass is 10.1. The largest absolute Gasteiger partial charge is 0.417 e. The van der Waals surface area contributed by atoms with Gasteiger partial charge in [0.2, 0.25) is 0 Å². The van der Waals surface area contributed by atoms with Gasteiger partial charge in [0.15, 0.2) is 6.29 Å². The van der Waals surface area contributed by atoms with E-state index in [9.17, 15) is 18.0 Å². The van der Waals surface area contributed by atoms with Gasteiger partial charge in [0.25, 0.3) is 0 Å². The molecule has 5 heteroatoms. The lowest BCUT2D eigenvalue weighted by molar-refractivity contribution is -0.137. The van der Waals surface area contributed by atoms with Crippen LogP contribution in [0.25, 0.3) is 0 Å². The zero-order chi connectivity index (χ0) is 9.19. The first-order valence-corrected chi connectivity index (χ1v) is 3.17. The number of hydrogen-bond donors (Lipinski definition) is 0. The molecule has 0 aromatic heterocycles. The molecule has 0 spiro atoms. The molecule has 0 N–H and O–H groups in total. The fraction of sp³-hybridized carbons (Fsp3) is 0.125. The number of benzene rings is 1. The van der Waals surface area contributed by atoms with Gasteiger partial charge < -0.3 is 0 Å². The van der Waals surface area contributed by atoms with Gasteiger partial charge in [-0.3, -0.25) is 4.79 Å². The van der Waals surface area contributed by atoms with Crippen molar-refractivity contribution in [1.29, 1.82) is 0 Å². The summed E-state index contributed by atoms with van der Waals surface area (Å²) < 4.78 is 36.2. The van der Waals surface area contributed by atoms with Crippen LogP contribution in [0.15, 0.2) is 24.3 Å². The van der Waals surface area contributed by atoms with E-state index in [4.69, 9.17) is 0 Å². The van der Waals surface area contributed by atoms with Gasteiger partial charge in [0.1, 0.15) is 0 Å². The van der Waals surface area contributed by atoms with Crippen molar-refractivity contribution in [2.45, 2.75) is 6.18 Å². The number of alkyl halides is 3. The van der Waals surface area contributed by atoms with E-state index in [0.717, 1.165) is 12.1 Å². The zero-order valence-corrected chi connectivity index (χ0v) is 7.15. The summed E-state index contributed by atoms with van der Waals surface area (Å²) >= 11 is 0. The Hall–Kier alpha value is -1.03. The predicted molar refractivity (Wildman–Crippen MR) is 44.1 cm³/mol. The molecule has 0 amide bonds. The Balaban J connectivity index is 0.00000144. The summed E-state index contributed by atoms with van der Waals surface area (Å²) in [6.07, 6.45) is -4.25. The lowest BCUT2D eigenvalue weighted by Gasteiger charge is -2.07. The van der Waals surface area contributed by atoms with Gasteiger partial charge >= 0.3 is 6.18 Å². The van der Waals surface area contributed by atoms with Crippen molar-refractivity contribution < 1.29 is 18.0 Å². The van der Waals surface area contributed by atoms with Gasteiger partial charge in [-0.25, -0.2) is 0 Å². The SMILES string of the molecule is Cl.O=Cc1ccccc1C(F)(F)F. The Morgan fingerprint density at radius 1 is 1.15 bits per heavy atom. The van der Waals surface area contributed by atoms with Gasteiger partial charge in [-0.05, 0) is 6.07 Å². The normalized spacial score (nSPS) is 10.4. The molecule has 1 aromatic rings. The minimum absolute atomic E-state index is 0. The Labute approximate surface area is 79.0 Å². The van der Waals surface area contributed by atoms with E-state index in [1.54, 1.807) is 0 Å². The summed E-state index contributed by atoms with van der Waals surface area (Å²) in [6, 6.07) is 4.65. The van der Waals surface area contributed by atoms with Gasteiger partial charge in [-0.1, -0.05) is 18.2 Å². The standard InChI is InChI=1S/C8H5F3O.ClH/c9-8(10,11)7-4-2-1-3-6(7)5-12;/h1-5H;1H. The molecule has 13 heavy (non-hydrogen) atoms. The van der Waals surface area contributed by atoms with E-state index in [2.05, 4.69) is 0 Å². The van der Waals surface area contributed by atoms with E-state index >= 15 is 0 Å². The van der Waals surface area contributed by atoms with Crippen LogP contribution in [-0.2, 0) is 6.18 Å². The quantitative estimate of drug-likeness (QED) is 0.652. The summed E-state index contributed by atoms with van der Waals surface area (Å²) in [4.78, 5) is 10.2. The Bertz CT molecular complexity index is 296. The van der Waals surface area contributed by atoms with Crippen molar-refractivity contribution in [3.05, 3.63) is 35.4 Å². The maximum atomic E-state index is 12.1. The van der Waals surface area contributed by atoms with Crippen LogP contribution < -0.4 is 0 Å². The van der Waals surface area contributed by atoms with E-state index in [0.29, 0.717) is 0 Å². The van der Waals surface area contributed by atoms with E-state index in [1.807, 2.05) is 0 Å². The van der Waals surface area contributed by atoms with E-state index in [1.165, 1.54) is 12.1 Å². The fourth-order valence-electron chi connectivity index (χ4n) is 0.858. The van der Waals surface area contributed by atoms with Crippen molar-refractivity contribution in [3.63, 3.8) is 0 Å². The van der Waals surface area contributed by atoms with Crippen LogP contribution in [0.2, 0.25) is 0 Å². The molecule has 0 atom stereocenters. The lowest BCUT2D eigenvalue weighted by Crippen LogP contribution is -2.08. The first kappa shape index (κ1) is 12.0. The fourth-order valence-corrected chi connectivity index (χ4v) is 0.858. The molecule has 0 unspecified atom stereocenters. The summed E-state index contributed by atoms with van der Waals surface area (Å²) in [7, 11) is 0. The van der Waals surface area contributed by atoms with Crippen LogP contribution in [0, 0.1) is 0 Å². The Morgan fingerprint density at radius 2 is 1.69 bits per heavy atom. The highest BCUT2D eigenvalue weighted by atomic mass is 35.5. The van der Waals surface area contributed by atoms with Gasteiger partial charge in [0.05, 0.1) is 5.56 Å². The second-order valence-electron chi connectivity index (χ2n) is 2.20. The van der Waals surface area contributed by atoms with Gasteiger partial charge in [0, 0.05) is 5.56 Å². The predicted octanol–water partition coefficient (Wildman–Crippen LogP) is 2.94. The summed E-state index contributed by atoms with van der Waals surface area (Å²) in [5, 5.41) is 0. The summed E-state index contributed by atoms with van der Waals surface area (Å²) in [5.41, 5.74) is -1.22. The average molecular weight is 211 g/mol. The minimum atomic E-state index is -4.45. The molecule has 0 saturated carbocycles. The molecule has 0 aliphatic rings. The molecule has 0 heterocycles. The molecule has 0 fully saturated rings. The van der Waals surface area contributed by atoms with Crippen LogP contribution in [-0.4, -0.2) is 6.29 Å². The van der Waals surface area contributed by atoms with Crippen LogP contribution in [0.4, 0.5) is 13.2 Å². The number of aldehydes is 1. The Kier molecular flexibility index (Phi) is 3.94. The molecule has 0 bridgehead atoms. The van der Waals surface area contributed by atoms with Crippen molar-refractivity contribution in [2.24, 2.45) is 0 Å². The topological polar surface area (TPSA) is 17.1 Å². The van der Waals surface area contributed by atoms with Crippen LogP contribution >= 0.6 is 12.4 Å². The highest BCUT2D eigenvalue weighted by Crippen LogP contribution is 2.30. The second-order valence-corrected chi connectivity index (χ2v) is 2.20. The highest BCUT2D eigenvalue weighted by Gasteiger charge is 2.32. The van der Waals surface area contributed by atoms with Crippen molar-refractivity contribution in [2.75, 3.05) is 0 Å². The van der Waals surface area contributed by atoms with E-state index < -0.39 is 11.7 Å². The van der Waals surface area contributed by atoms with Crippen LogP contribution in [0.1, 0.15) is 15.9 Å².